The van der Waals surface area contributed by atoms with Crippen molar-refractivity contribution in [2.75, 3.05) is 5.32 Å². The van der Waals surface area contributed by atoms with Gasteiger partial charge in [-0.3, -0.25) is 4.68 Å². The molecule has 0 radical (unpaired) electrons. The third kappa shape index (κ3) is 3.92. The zero-order chi connectivity index (χ0) is 16.9. The molecule has 0 fully saturated rings. The number of nitrogens with zero attached hydrogens (tertiary/aromatic N) is 2. The highest BCUT2D eigenvalue weighted by Gasteiger charge is 2.06. The average Bonchev–Trinajstić information content (AvgIpc) is 3.02. The van der Waals surface area contributed by atoms with Gasteiger partial charge in [0, 0.05) is 18.3 Å². The Balaban J connectivity index is 1.71. The summed E-state index contributed by atoms with van der Waals surface area (Å²) in [6, 6.07) is 17.1. The lowest BCUT2D eigenvalue weighted by atomic mass is 10.0. The van der Waals surface area contributed by atoms with E-state index in [0.29, 0.717) is 11.2 Å². The molecule has 0 amide bonds. The number of hydrogen-bond donors (Lipinski definition) is 2. The van der Waals surface area contributed by atoms with E-state index in [1.54, 1.807) is 0 Å². The number of aromatic nitrogens is 2. The number of anilines is 1. The maximum absolute atomic E-state index is 5.31. The van der Waals surface area contributed by atoms with Crippen molar-refractivity contribution in [2.24, 2.45) is 0 Å². The van der Waals surface area contributed by atoms with Crippen molar-refractivity contribution in [1.29, 1.82) is 0 Å². The van der Waals surface area contributed by atoms with Gasteiger partial charge in [-0.2, -0.15) is 5.10 Å². The number of fused-ring (bicyclic) bond motifs is 1. The zero-order valence-electron chi connectivity index (χ0n) is 14.0. The van der Waals surface area contributed by atoms with Gasteiger partial charge < -0.3 is 10.6 Å². The zero-order valence-corrected chi connectivity index (χ0v) is 14.8. The van der Waals surface area contributed by atoms with Crippen LogP contribution in [-0.4, -0.2) is 20.9 Å². The standard InChI is InChI=1S/C19H22N4S/c1-3-14(2)20-19(24)21-18-11-12-23(22-18)13-16-9-6-8-15-7-4-5-10-17(15)16/h4-12,14H,3,13H2,1-2H3,(H2,20,21,22,24). The molecule has 0 bridgehead atoms. The van der Waals surface area contributed by atoms with Crippen LogP contribution >= 0.6 is 12.2 Å². The van der Waals surface area contributed by atoms with Gasteiger partial charge in [-0.15, -0.1) is 0 Å². The first-order valence-electron chi connectivity index (χ1n) is 8.23. The number of benzene rings is 2. The topological polar surface area (TPSA) is 41.9 Å². The lowest BCUT2D eigenvalue weighted by molar-refractivity contribution is 0.645. The first-order valence-corrected chi connectivity index (χ1v) is 8.64. The second-order valence-corrected chi connectivity index (χ2v) is 6.35. The largest absolute Gasteiger partial charge is 0.360 e. The van der Waals surface area contributed by atoms with Crippen LogP contribution in [-0.2, 0) is 6.54 Å². The summed E-state index contributed by atoms with van der Waals surface area (Å²) in [5.74, 6) is 0.760. The van der Waals surface area contributed by atoms with Gasteiger partial charge in [0.05, 0.1) is 6.54 Å². The first-order chi connectivity index (χ1) is 11.7. The summed E-state index contributed by atoms with van der Waals surface area (Å²) in [7, 11) is 0. The van der Waals surface area contributed by atoms with Crippen LogP contribution in [0.25, 0.3) is 10.8 Å². The number of nitrogens with one attached hydrogen (secondary N) is 2. The Morgan fingerprint density at radius 3 is 2.79 bits per heavy atom. The van der Waals surface area contributed by atoms with Gasteiger partial charge in [-0.25, -0.2) is 0 Å². The van der Waals surface area contributed by atoms with Crippen molar-refractivity contribution in [2.45, 2.75) is 32.9 Å². The summed E-state index contributed by atoms with van der Waals surface area (Å²) in [6.45, 7) is 4.96. The first kappa shape index (κ1) is 16.5. The molecule has 124 valence electrons. The highest BCUT2D eigenvalue weighted by Crippen LogP contribution is 2.19. The van der Waals surface area contributed by atoms with Gasteiger partial charge in [-0.1, -0.05) is 49.4 Å². The van der Waals surface area contributed by atoms with Crippen molar-refractivity contribution in [3.8, 4) is 0 Å². The van der Waals surface area contributed by atoms with Crippen LogP contribution in [0.3, 0.4) is 0 Å². The molecule has 5 heteroatoms. The van der Waals surface area contributed by atoms with E-state index in [4.69, 9.17) is 12.2 Å². The molecule has 1 unspecified atom stereocenters. The summed E-state index contributed by atoms with van der Waals surface area (Å²) in [6.07, 6.45) is 2.99. The van der Waals surface area contributed by atoms with Crippen LogP contribution in [0.5, 0.6) is 0 Å². The molecule has 1 aromatic heterocycles. The number of hydrogen-bond acceptors (Lipinski definition) is 2. The molecule has 0 spiro atoms. The fraction of sp³-hybridized carbons (Fsp3) is 0.263. The smallest absolute Gasteiger partial charge is 0.172 e. The predicted octanol–water partition coefficient (Wildman–Crippen LogP) is 4.17. The Hall–Kier alpha value is -2.40. The Kier molecular flexibility index (Phi) is 5.11. The lowest BCUT2D eigenvalue weighted by Gasteiger charge is -2.13. The van der Waals surface area contributed by atoms with Crippen LogP contribution in [0.15, 0.2) is 54.7 Å². The number of thiocarbonyl (C=S) groups is 1. The molecule has 3 aromatic rings. The minimum Gasteiger partial charge on any atom is -0.360 e. The van der Waals surface area contributed by atoms with E-state index in [-0.39, 0.29) is 0 Å². The molecule has 0 saturated heterocycles. The molecule has 0 aliphatic heterocycles. The van der Waals surface area contributed by atoms with Crippen molar-refractivity contribution in [3.05, 3.63) is 60.3 Å². The average molecular weight is 338 g/mol. The van der Waals surface area contributed by atoms with E-state index >= 15 is 0 Å². The summed E-state index contributed by atoms with van der Waals surface area (Å²) in [4.78, 5) is 0. The van der Waals surface area contributed by atoms with Crippen LogP contribution in [0.1, 0.15) is 25.8 Å². The summed E-state index contributed by atoms with van der Waals surface area (Å²) < 4.78 is 1.93. The summed E-state index contributed by atoms with van der Waals surface area (Å²) in [5.41, 5.74) is 1.25. The summed E-state index contributed by atoms with van der Waals surface area (Å²) in [5, 5.41) is 14.1. The lowest BCUT2D eigenvalue weighted by Crippen LogP contribution is -2.35. The molecule has 3 rings (SSSR count). The number of rotatable bonds is 5. The van der Waals surface area contributed by atoms with Crippen molar-refractivity contribution in [3.63, 3.8) is 0 Å². The molecule has 1 atom stereocenters. The van der Waals surface area contributed by atoms with E-state index in [1.165, 1.54) is 16.3 Å². The van der Waals surface area contributed by atoms with Crippen LogP contribution in [0.2, 0.25) is 0 Å². The molecule has 0 aliphatic rings. The Labute approximate surface area is 147 Å². The van der Waals surface area contributed by atoms with Gasteiger partial charge in [0.1, 0.15) is 0 Å². The fourth-order valence-electron chi connectivity index (χ4n) is 2.60. The van der Waals surface area contributed by atoms with E-state index in [0.717, 1.165) is 18.8 Å². The predicted molar refractivity (Wildman–Crippen MR) is 104 cm³/mol. The quantitative estimate of drug-likeness (QED) is 0.685. The molecular formula is C19H22N4S. The summed E-state index contributed by atoms with van der Waals surface area (Å²) >= 11 is 5.31. The maximum Gasteiger partial charge on any atom is 0.172 e. The van der Waals surface area contributed by atoms with Crippen molar-refractivity contribution >= 4 is 33.9 Å². The van der Waals surface area contributed by atoms with Gasteiger partial charge in [0.15, 0.2) is 10.9 Å². The second kappa shape index (κ2) is 7.45. The highest BCUT2D eigenvalue weighted by atomic mass is 32.1. The molecule has 2 N–H and O–H groups in total. The Morgan fingerprint density at radius 2 is 1.96 bits per heavy atom. The van der Waals surface area contributed by atoms with E-state index in [2.05, 4.69) is 72.0 Å². The van der Waals surface area contributed by atoms with E-state index in [1.807, 2.05) is 16.9 Å². The van der Waals surface area contributed by atoms with Crippen LogP contribution in [0, 0.1) is 0 Å². The fourth-order valence-corrected chi connectivity index (χ4v) is 2.91. The van der Waals surface area contributed by atoms with Crippen molar-refractivity contribution in [1.82, 2.24) is 15.1 Å². The Bertz CT molecular complexity index is 835. The monoisotopic (exact) mass is 338 g/mol. The van der Waals surface area contributed by atoms with Gasteiger partial charge >= 0.3 is 0 Å². The van der Waals surface area contributed by atoms with E-state index < -0.39 is 0 Å². The normalized spacial score (nSPS) is 12.1. The van der Waals surface area contributed by atoms with Crippen molar-refractivity contribution < 1.29 is 0 Å². The SMILES string of the molecule is CCC(C)NC(=S)Nc1ccn(Cc2cccc3ccccc23)n1. The molecule has 0 aliphatic carbocycles. The minimum absolute atomic E-state index is 0.350. The molecule has 4 nitrogen and oxygen atoms in total. The molecular weight excluding hydrogens is 316 g/mol. The third-order valence-electron chi connectivity index (χ3n) is 4.08. The maximum atomic E-state index is 5.31. The van der Waals surface area contributed by atoms with Crippen LogP contribution in [0.4, 0.5) is 5.82 Å². The molecule has 1 heterocycles. The minimum atomic E-state index is 0.350. The van der Waals surface area contributed by atoms with Crippen LogP contribution < -0.4 is 10.6 Å². The van der Waals surface area contributed by atoms with Gasteiger partial charge in [0.2, 0.25) is 0 Å². The molecule has 24 heavy (non-hydrogen) atoms. The Morgan fingerprint density at radius 1 is 1.17 bits per heavy atom. The third-order valence-corrected chi connectivity index (χ3v) is 4.30. The second-order valence-electron chi connectivity index (χ2n) is 5.94. The van der Waals surface area contributed by atoms with Gasteiger partial charge in [0.25, 0.3) is 0 Å². The molecule has 0 saturated carbocycles. The highest BCUT2D eigenvalue weighted by molar-refractivity contribution is 7.80. The molecule has 2 aromatic carbocycles. The van der Waals surface area contributed by atoms with E-state index in [9.17, 15) is 0 Å². The van der Waals surface area contributed by atoms with Gasteiger partial charge in [-0.05, 0) is 41.9 Å².